The van der Waals surface area contributed by atoms with Crippen molar-refractivity contribution in [3.05, 3.63) is 35.9 Å². The third-order valence-corrected chi connectivity index (χ3v) is 4.56. The first-order valence-corrected chi connectivity index (χ1v) is 7.01. The lowest BCUT2D eigenvalue weighted by atomic mass is 9.90. The van der Waals surface area contributed by atoms with Gasteiger partial charge in [-0.3, -0.25) is 4.79 Å². The minimum Gasteiger partial charge on any atom is -0.354 e. The maximum absolute atomic E-state index is 12.3. The largest absolute Gasteiger partial charge is 0.354 e. The molecular weight excluding hydrogens is 236 g/mol. The molecule has 1 aliphatic rings. The van der Waals surface area contributed by atoms with Gasteiger partial charge in [0.2, 0.25) is 5.91 Å². The molecule has 1 aliphatic carbocycles. The highest BCUT2D eigenvalue weighted by atomic mass is 16.2. The zero-order valence-corrected chi connectivity index (χ0v) is 12.1. The first kappa shape index (κ1) is 14.1. The number of rotatable bonds is 5. The molecule has 3 nitrogen and oxygen atoms in total. The first-order chi connectivity index (χ1) is 8.88. The lowest BCUT2D eigenvalue weighted by Crippen LogP contribution is -2.50. The third-order valence-electron chi connectivity index (χ3n) is 4.56. The number of carbonyl (C=O) groups excluding carboxylic acids is 1. The van der Waals surface area contributed by atoms with E-state index in [1.807, 2.05) is 30.3 Å². The third kappa shape index (κ3) is 2.81. The number of hydrogen-bond donors (Lipinski definition) is 2. The van der Waals surface area contributed by atoms with Gasteiger partial charge in [-0.15, -0.1) is 0 Å². The molecule has 3 heteroatoms. The fourth-order valence-electron chi connectivity index (χ4n) is 2.47. The zero-order valence-electron chi connectivity index (χ0n) is 12.1. The van der Waals surface area contributed by atoms with Crippen LogP contribution in [0, 0.1) is 11.3 Å². The molecule has 0 aromatic heterocycles. The average molecular weight is 260 g/mol. The predicted molar refractivity (Wildman–Crippen MR) is 77.5 cm³/mol. The Bertz CT molecular complexity index is 447. The number of nitrogens with one attached hydrogen (secondary N) is 1. The molecule has 19 heavy (non-hydrogen) atoms. The zero-order chi connectivity index (χ0) is 14.1. The van der Waals surface area contributed by atoms with Gasteiger partial charge < -0.3 is 11.1 Å². The Balaban J connectivity index is 2.00. The van der Waals surface area contributed by atoms with Gasteiger partial charge in [0.25, 0.3) is 0 Å². The summed E-state index contributed by atoms with van der Waals surface area (Å²) < 4.78 is 0. The van der Waals surface area contributed by atoms with Crippen LogP contribution in [0.1, 0.15) is 39.2 Å². The second kappa shape index (κ2) is 4.97. The van der Waals surface area contributed by atoms with E-state index < -0.39 is 5.54 Å². The normalized spacial score (nSPS) is 19.8. The molecule has 1 atom stereocenters. The second-order valence-corrected chi connectivity index (χ2v) is 6.27. The van der Waals surface area contributed by atoms with Crippen LogP contribution in [0.3, 0.4) is 0 Å². The van der Waals surface area contributed by atoms with Crippen molar-refractivity contribution in [2.75, 3.05) is 6.54 Å². The smallest absolute Gasteiger partial charge is 0.244 e. The van der Waals surface area contributed by atoms with E-state index in [1.54, 1.807) is 6.92 Å². The molecule has 2 rings (SSSR count). The molecule has 1 unspecified atom stereocenters. The molecular formula is C16H24N2O. The van der Waals surface area contributed by atoms with Crippen molar-refractivity contribution in [2.45, 2.75) is 39.2 Å². The van der Waals surface area contributed by atoms with Crippen molar-refractivity contribution in [3.63, 3.8) is 0 Å². The van der Waals surface area contributed by atoms with Crippen molar-refractivity contribution in [1.29, 1.82) is 0 Å². The van der Waals surface area contributed by atoms with Crippen LogP contribution in [0.5, 0.6) is 0 Å². The maximum Gasteiger partial charge on any atom is 0.244 e. The topological polar surface area (TPSA) is 55.1 Å². The number of hydrogen-bond acceptors (Lipinski definition) is 2. The Morgan fingerprint density at radius 2 is 1.95 bits per heavy atom. The van der Waals surface area contributed by atoms with Crippen LogP contribution in [0.4, 0.5) is 0 Å². The van der Waals surface area contributed by atoms with E-state index in [1.165, 1.54) is 12.8 Å². The Kier molecular flexibility index (Phi) is 3.68. The summed E-state index contributed by atoms with van der Waals surface area (Å²) in [5, 5.41) is 3.04. The average Bonchev–Trinajstić information content (AvgIpc) is 3.18. The highest BCUT2D eigenvalue weighted by Crippen LogP contribution is 2.51. The van der Waals surface area contributed by atoms with E-state index in [-0.39, 0.29) is 5.91 Å². The highest BCUT2D eigenvalue weighted by molar-refractivity contribution is 5.87. The fraction of sp³-hybridized carbons (Fsp3) is 0.562. The van der Waals surface area contributed by atoms with Gasteiger partial charge in [0.05, 0.1) is 0 Å². The Morgan fingerprint density at radius 3 is 2.42 bits per heavy atom. The molecule has 0 heterocycles. The molecule has 0 radical (unpaired) electrons. The monoisotopic (exact) mass is 260 g/mol. The van der Waals surface area contributed by atoms with Crippen molar-refractivity contribution in [3.8, 4) is 0 Å². The summed E-state index contributed by atoms with van der Waals surface area (Å²) in [5.74, 6) is 0.513. The van der Waals surface area contributed by atoms with Gasteiger partial charge in [-0.2, -0.15) is 0 Å². The maximum atomic E-state index is 12.3. The van der Waals surface area contributed by atoms with Gasteiger partial charge in [-0.1, -0.05) is 44.2 Å². The van der Waals surface area contributed by atoms with Crippen LogP contribution < -0.4 is 11.1 Å². The minimum absolute atomic E-state index is 0.0920. The molecule has 1 saturated carbocycles. The van der Waals surface area contributed by atoms with Crippen LogP contribution in [-0.4, -0.2) is 12.5 Å². The van der Waals surface area contributed by atoms with Crippen LogP contribution >= 0.6 is 0 Å². The quantitative estimate of drug-likeness (QED) is 0.854. The van der Waals surface area contributed by atoms with Crippen LogP contribution in [0.15, 0.2) is 30.3 Å². The predicted octanol–water partition coefficient (Wildman–Crippen LogP) is 2.41. The number of nitrogens with two attached hydrogens (primary N) is 1. The summed E-state index contributed by atoms with van der Waals surface area (Å²) in [6.07, 6.45) is 2.41. The number of benzene rings is 1. The van der Waals surface area contributed by atoms with Gasteiger partial charge in [-0.25, -0.2) is 0 Å². The standard InChI is InChI=1S/C16H24N2O/c1-12(2)16(9-10-16)11-18-14(19)15(3,17)13-7-5-4-6-8-13/h4-8,12H,9-11,17H2,1-3H3,(H,18,19). The summed E-state index contributed by atoms with van der Waals surface area (Å²) in [7, 11) is 0. The summed E-state index contributed by atoms with van der Waals surface area (Å²) in [4.78, 5) is 12.3. The lowest BCUT2D eigenvalue weighted by Gasteiger charge is -2.27. The molecule has 0 spiro atoms. The fourth-order valence-corrected chi connectivity index (χ4v) is 2.47. The van der Waals surface area contributed by atoms with Crippen molar-refractivity contribution in [1.82, 2.24) is 5.32 Å². The highest BCUT2D eigenvalue weighted by Gasteiger charge is 2.46. The van der Waals surface area contributed by atoms with Crippen molar-refractivity contribution < 1.29 is 4.79 Å². The van der Waals surface area contributed by atoms with Gasteiger partial charge in [-0.05, 0) is 36.7 Å². The van der Waals surface area contributed by atoms with Crippen LogP contribution in [0.25, 0.3) is 0 Å². The molecule has 1 aromatic carbocycles. The van der Waals surface area contributed by atoms with Crippen LogP contribution in [-0.2, 0) is 10.3 Å². The minimum atomic E-state index is -0.964. The molecule has 104 valence electrons. The number of carbonyl (C=O) groups is 1. The van der Waals surface area contributed by atoms with Gasteiger partial charge in [0.15, 0.2) is 0 Å². The Hall–Kier alpha value is -1.35. The summed E-state index contributed by atoms with van der Waals surface area (Å²) >= 11 is 0. The summed E-state index contributed by atoms with van der Waals surface area (Å²) in [6, 6.07) is 9.54. The molecule has 0 bridgehead atoms. The van der Waals surface area contributed by atoms with E-state index in [0.717, 1.165) is 12.1 Å². The Morgan fingerprint density at radius 1 is 1.37 bits per heavy atom. The van der Waals surface area contributed by atoms with Gasteiger partial charge >= 0.3 is 0 Å². The molecule has 3 N–H and O–H groups in total. The Labute approximate surface area is 115 Å². The molecule has 1 fully saturated rings. The molecule has 0 aliphatic heterocycles. The van der Waals surface area contributed by atoms with E-state index in [4.69, 9.17) is 5.73 Å². The van der Waals surface area contributed by atoms with Crippen molar-refractivity contribution >= 4 is 5.91 Å². The van der Waals surface area contributed by atoms with Gasteiger partial charge in [0.1, 0.15) is 5.54 Å². The summed E-state index contributed by atoms with van der Waals surface area (Å²) in [6.45, 7) is 6.95. The van der Waals surface area contributed by atoms with Gasteiger partial charge in [0, 0.05) is 6.54 Å². The van der Waals surface area contributed by atoms with Crippen molar-refractivity contribution in [2.24, 2.45) is 17.1 Å². The van der Waals surface area contributed by atoms with E-state index >= 15 is 0 Å². The number of amides is 1. The van der Waals surface area contributed by atoms with E-state index in [0.29, 0.717) is 11.3 Å². The lowest BCUT2D eigenvalue weighted by molar-refractivity contribution is -0.126. The molecule has 1 aromatic rings. The van der Waals surface area contributed by atoms with Crippen LogP contribution in [0.2, 0.25) is 0 Å². The molecule has 1 amide bonds. The SMILES string of the molecule is CC(C)C1(CNC(=O)C(C)(N)c2ccccc2)CC1. The second-order valence-electron chi connectivity index (χ2n) is 6.27. The molecule has 0 saturated heterocycles. The van der Waals surface area contributed by atoms with E-state index in [2.05, 4.69) is 19.2 Å². The summed E-state index contributed by atoms with van der Waals surface area (Å²) in [5.41, 5.74) is 6.39. The first-order valence-electron chi connectivity index (χ1n) is 7.01. The van der Waals surface area contributed by atoms with E-state index in [9.17, 15) is 4.79 Å².